The molecule has 6 heteroatoms. The molecule has 4 heterocycles. The Morgan fingerprint density at radius 1 is 0.225 bits per heavy atom. The molecule has 0 saturated heterocycles. The quantitative estimate of drug-likeness (QED) is 0.152. The molecule has 374 valence electrons. The van der Waals surface area contributed by atoms with Gasteiger partial charge in [0.2, 0.25) is 0 Å². The predicted molar refractivity (Wildman–Crippen MR) is 334 cm³/mol. The van der Waals surface area contributed by atoms with Crippen LogP contribution in [0.1, 0.15) is 0 Å². The maximum atomic E-state index is 7.13. The van der Waals surface area contributed by atoms with E-state index in [1.54, 1.807) is 0 Å². The number of fused-ring (bicyclic) bond motifs is 16. The van der Waals surface area contributed by atoms with E-state index >= 15 is 0 Å². The summed E-state index contributed by atoms with van der Waals surface area (Å²) in [7, 11) is 0. The standard InChI is InChI=1S/C74H46N4O2/c1-5-21-47(22-6-1)75(51-37-39-65-59(41-51)55-31-17-19-35-63(55)77(65)49-25-9-3-10-26-49)67-45-71-73(57-33-15-13-29-53(57)67)61-43-70-62(44-69(61)79-71)74-58-34-16-14-30-54(58)68(46-72(74)80-70)76(48-23-7-2-8-24-48)52-38-40-66-60(42-52)56-32-18-20-36-64(56)78(66)50-27-11-4-12-28-50/h1-46H. The van der Waals surface area contributed by atoms with Gasteiger partial charge < -0.3 is 27.8 Å². The SMILES string of the molecule is c1ccc(N(c2ccc3c(c2)c2ccccc2n3-c2ccccc2)c2cc3oc4cc5c(cc4c3c3ccccc23)oc2cc(N(c3ccccc3)c3ccc4c(c3)c3ccccc3n4-c3ccccc3)c3ccccc3c25)cc1. The fourth-order valence-corrected chi connectivity index (χ4v) is 13.0. The van der Waals surface area contributed by atoms with Crippen molar-refractivity contribution in [1.82, 2.24) is 9.13 Å². The molecule has 4 aromatic heterocycles. The van der Waals surface area contributed by atoms with E-state index in [2.05, 4.69) is 298 Å². The van der Waals surface area contributed by atoms with Crippen molar-refractivity contribution < 1.29 is 8.83 Å². The van der Waals surface area contributed by atoms with Crippen molar-refractivity contribution in [3.8, 4) is 11.4 Å². The normalized spacial score (nSPS) is 12.0. The van der Waals surface area contributed by atoms with Gasteiger partial charge in [0.1, 0.15) is 22.3 Å². The van der Waals surface area contributed by atoms with Crippen molar-refractivity contribution in [2.45, 2.75) is 0 Å². The Labute approximate surface area is 459 Å². The topological polar surface area (TPSA) is 42.6 Å². The van der Waals surface area contributed by atoms with Gasteiger partial charge in [-0.05, 0) is 120 Å². The van der Waals surface area contributed by atoms with Gasteiger partial charge in [-0.3, -0.25) is 0 Å². The van der Waals surface area contributed by atoms with Gasteiger partial charge in [-0.25, -0.2) is 0 Å². The molecule has 0 atom stereocenters. The smallest absolute Gasteiger partial charge is 0.138 e. The van der Waals surface area contributed by atoms with Crippen LogP contribution >= 0.6 is 0 Å². The van der Waals surface area contributed by atoms with Crippen LogP contribution in [0.4, 0.5) is 34.1 Å². The molecule has 0 radical (unpaired) electrons. The molecule has 0 spiro atoms. The molecule has 0 aliphatic heterocycles. The van der Waals surface area contributed by atoms with Crippen LogP contribution in [0.15, 0.2) is 288 Å². The van der Waals surface area contributed by atoms with Crippen LogP contribution in [0.2, 0.25) is 0 Å². The Morgan fingerprint density at radius 2 is 0.562 bits per heavy atom. The molecular formula is C74H46N4O2. The Balaban J connectivity index is 0.850. The highest BCUT2D eigenvalue weighted by Crippen LogP contribution is 2.50. The van der Waals surface area contributed by atoms with Crippen molar-refractivity contribution >= 4 is 143 Å². The summed E-state index contributed by atoms with van der Waals surface area (Å²) < 4.78 is 19.0. The number of hydrogen-bond acceptors (Lipinski definition) is 4. The third-order valence-corrected chi connectivity index (χ3v) is 16.4. The van der Waals surface area contributed by atoms with Crippen LogP contribution in [-0.2, 0) is 0 Å². The molecule has 17 rings (SSSR count). The van der Waals surface area contributed by atoms with Crippen LogP contribution in [0.25, 0.3) is 120 Å². The maximum Gasteiger partial charge on any atom is 0.138 e. The Hall–Kier alpha value is -10.8. The van der Waals surface area contributed by atoms with Gasteiger partial charge in [0.25, 0.3) is 0 Å². The summed E-state index contributed by atoms with van der Waals surface area (Å²) >= 11 is 0. The first-order valence-electron chi connectivity index (χ1n) is 27.2. The summed E-state index contributed by atoms with van der Waals surface area (Å²) in [5.41, 5.74) is 16.4. The van der Waals surface area contributed by atoms with E-state index in [1.807, 2.05) is 0 Å². The number of benzene rings is 13. The Kier molecular flexibility index (Phi) is 9.61. The molecule has 80 heavy (non-hydrogen) atoms. The minimum absolute atomic E-state index is 0.806. The second-order valence-electron chi connectivity index (χ2n) is 20.8. The monoisotopic (exact) mass is 1020 g/mol. The number of para-hydroxylation sites is 6. The summed E-state index contributed by atoms with van der Waals surface area (Å²) in [5, 5.41) is 13.3. The van der Waals surface area contributed by atoms with Crippen molar-refractivity contribution in [3.05, 3.63) is 279 Å². The van der Waals surface area contributed by atoms with Gasteiger partial charge in [-0.2, -0.15) is 0 Å². The molecule has 0 fully saturated rings. The summed E-state index contributed by atoms with van der Waals surface area (Å²) in [4.78, 5) is 4.76. The molecule has 0 N–H and O–H groups in total. The lowest BCUT2D eigenvalue weighted by molar-refractivity contribution is 0.664. The van der Waals surface area contributed by atoms with Gasteiger partial charge in [0, 0.05) is 100 Å². The van der Waals surface area contributed by atoms with Gasteiger partial charge in [0.05, 0.1) is 33.4 Å². The fourth-order valence-electron chi connectivity index (χ4n) is 13.0. The first-order chi connectivity index (χ1) is 39.7. The lowest BCUT2D eigenvalue weighted by Gasteiger charge is -2.27. The number of aromatic nitrogens is 2. The van der Waals surface area contributed by atoms with Crippen LogP contribution in [-0.4, -0.2) is 9.13 Å². The minimum Gasteiger partial charge on any atom is -0.456 e. The van der Waals surface area contributed by atoms with Crippen molar-refractivity contribution in [3.63, 3.8) is 0 Å². The third-order valence-electron chi connectivity index (χ3n) is 16.4. The fraction of sp³-hybridized carbons (Fsp3) is 0. The molecule has 0 amide bonds. The zero-order chi connectivity index (χ0) is 52.4. The van der Waals surface area contributed by atoms with E-state index < -0.39 is 0 Å². The summed E-state index contributed by atoms with van der Waals surface area (Å²) in [6, 6.07) is 100. The average Bonchev–Trinajstić information content (AvgIpc) is 4.33. The first kappa shape index (κ1) is 44.3. The second-order valence-corrected chi connectivity index (χ2v) is 20.8. The van der Waals surface area contributed by atoms with Crippen LogP contribution < -0.4 is 9.80 Å². The number of nitrogens with zero attached hydrogens (tertiary/aromatic N) is 4. The van der Waals surface area contributed by atoms with E-state index in [9.17, 15) is 0 Å². The Bertz CT molecular complexity index is 4970. The van der Waals surface area contributed by atoms with E-state index in [1.165, 1.54) is 32.6 Å². The highest BCUT2D eigenvalue weighted by molar-refractivity contribution is 6.28. The number of furan rings is 2. The Morgan fingerprint density at radius 3 is 0.975 bits per heavy atom. The lowest BCUT2D eigenvalue weighted by atomic mass is 9.98. The molecular weight excluding hydrogens is 977 g/mol. The third kappa shape index (κ3) is 6.60. The first-order valence-corrected chi connectivity index (χ1v) is 27.2. The van der Waals surface area contributed by atoms with E-state index in [0.717, 1.165) is 122 Å². The second kappa shape index (κ2) is 17.3. The van der Waals surface area contributed by atoms with E-state index in [-0.39, 0.29) is 0 Å². The van der Waals surface area contributed by atoms with Crippen molar-refractivity contribution in [2.75, 3.05) is 9.80 Å². The molecule has 0 unspecified atom stereocenters. The molecule has 0 aliphatic rings. The van der Waals surface area contributed by atoms with Crippen LogP contribution in [0, 0.1) is 0 Å². The maximum absolute atomic E-state index is 7.13. The molecule has 13 aromatic carbocycles. The van der Waals surface area contributed by atoms with Gasteiger partial charge in [-0.15, -0.1) is 0 Å². The van der Waals surface area contributed by atoms with Gasteiger partial charge in [0.15, 0.2) is 0 Å². The van der Waals surface area contributed by atoms with Crippen molar-refractivity contribution in [1.29, 1.82) is 0 Å². The molecule has 0 aliphatic carbocycles. The summed E-state index contributed by atoms with van der Waals surface area (Å²) in [6.45, 7) is 0. The average molecular weight is 1020 g/mol. The summed E-state index contributed by atoms with van der Waals surface area (Å²) in [6.07, 6.45) is 0. The highest BCUT2D eigenvalue weighted by atomic mass is 16.3. The number of rotatable bonds is 8. The van der Waals surface area contributed by atoms with E-state index in [4.69, 9.17) is 8.83 Å². The van der Waals surface area contributed by atoms with Crippen molar-refractivity contribution in [2.24, 2.45) is 0 Å². The zero-order valence-corrected chi connectivity index (χ0v) is 43.2. The highest BCUT2D eigenvalue weighted by Gasteiger charge is 2.26. The summed E-state index contributed by atoms with van der Waals surface area (Å²) in [5.74, 6) is 0. The predicted octanol–water partition coefficient (Wildman–Crippen LogP) is 20.9. The van der Waals surface area contributed by atoms with Crippen LogP contribution in [0.5, 0.6) is 0 Å². The molecule has 0 bridgehead atoms. The largest absolute Gasteiger partial charge is 0.456 e. The molecule has 17 aromatic rings. The van der Waals surface area contributed by atoms with Crippen LogP contribution in [0.3, 0.4) is 0 Å². The number of anilines is 6. The van der Waals surface area contributed by atoms with Gasteiger partial charge >= 0.3 is 0 Å². The lowest BCUT2D eigenvalue weighted by Crippen LogP contribution is -2.10. The van der Waals surface area contributed by atoms with E-state index in [0.29, 0.717) is 0 Å². The molecule has 6 nitrogen and oxygen atoms in total. The molecule has 0 saturated carbocycles. The number of hydrogen-bond donors (Lipinski definition) is 0. The zero-order valence-electron chi connectivity index (χ0n) is 43.2. The minimum atomic E-state index is 0.806. The van der Waals surface area contributed by atoms with Gasteiger partial charge in [-0.1, -0.05) is 158 Å².